The Morgan fingerprint density at radius 1 is 1.08 bits per heavy atom. The number of rotatable bonds is 9. The lowest BCUT2D eigenvalue weighted by Gasteiger charge is -2.35. The second-order valence-corrected chi connectivity index (χ2v) is 11.8. The Morgan fingerprint density at radius 3 is 2.42 bits per heavy atom. The van der Waals surface area contributed by atoms with Crippen molar-refractivity contribution in [1.29, 1.82) is 0 Å². The van der Waals surface area contributed by atoms with Crippen LogP contribution >= 0.6 is 0 Å². The van der Waals surface area contributed by atoms with Gasteiger partial charge in [-0.3, -0.25) is 4.90 Å². The first kappa shape index (κ1) is 27.6. The number of benzene rings is 2. The van der Waals surface area contributed by atoms with Crippen LogP contribution in [0.4, 0.5) is 27.5 Å². The largest absolute Gasteiger partial charge is 0.340 e. The minimum Gasteiger partial charge on any atom is -0.340 e. The van der Waals surface area contributed by atoms with E-state index < -0.39 is 20.3 Å². The molecule has 1 fully saturated rings. The number of nitrogens with one attached hydrogen (secondary N) is 2. The van der Waals surface area contributed by atoms with Crippen molar-refractivity contribution >= 4 is 48.8 Å². The molecular weight excluding hydrogens is 531 g/mol. The summed E-state index contributed by atoms with van der Waals surface area (Å²) in [6.45, 7) is 3.26. The molecule has 202 valence electrons. The van der Waals surface area contributed by atoms with Gasteiger partial charge in [0.2, 0.25) is 26.3 Å². The summed E-state index contributed by atoms with van der Waals surface area (Å²) in [5, 5.41) is 7.38. The molecule has 1 aromatic heterocycles. The highest BCUT2D eigenvalue weighted by Crippen LogP contribution is 2.25. The van der Waals surface area contributed by atoms with E-state index in [4.69, 9.17) is 0 Å². The van der Waals surface area contributed by atoms with E-state index in [1.54, 1.807) is 50.5 Å². The zero-order valence-corrected chi connectivity index (χ0v) is 22.6. The molecular formula is C25H29FN6O4S2. The first-order valence-corrected chi connectivity index (χ1v) is 14.5. The lowest BCUT2D eigenvalue weighted by atomic mass is 10.1. The van der Waals surface area contributed by atoms with Crippen molar-refractivity contribution < 1.29 is 21.2 Å². The van der Waals surface area contributed by atoms with Crippen LogP contribution in [0.25, 0.3) is 0 Å². The average Bonchev–Trinajstić information content (AvgIpc) is 2.90. The fourth-order valence-corrected chi connectivity index (χ4v) is 5.94. The molecule has 2 aromatic carbocycles. The van der Waals surface area contributed by atoms with Crippen molar-refractivity contribution in [2.75, 3.05) is 37.3 Å². The minimum absolute atomic E-state index is 0.166. The summed E-state index contributed by atoms with van der Waals surface area (Å²) in [6, 6.07) is 12.6. The third-order valence-electron chi connectivity index (χ3n) is 6.41. The maximum absolute atomic E-state index is 13.5. The number of halogens is 1. The van der Waals surface area contributed by atoms with Gasteiger partial charge in [0.1, 0.15) is 11.6 Å². The summed E-state index contributed by atoms with van der Waals surface area (Å²) in [5.74, 6) is 0.541. The van der Waals surface area contributed by atoms with Gasteiger partial charge in [0.15, 0.2) is 0 Å². The highest BCUT2D eigenvalue weighted by molar-refractivity contribution is 7.89. The molecule has 0 radical (unpaired) electrons. The monoisotopic (exact) mass is 560 g/mol. The van der Waals surface area contributed by atoms with E-state index in [0.717, 1.165) is 0 Å². The molecule has 1 aliphatic heterocycles. The van der Waals surface area contributed by atoms with Gasteiger partial charge in [-0.05, 0) is 73.9 Å². The highest BCUT2D eigenvalue weighted by Gasteiger charge is 2.30. The van der Waals surface area contributed by atoms with Crippen LogP contribution in [0, 0.1) is 12.7 Å². The number of likely N-dealkylation sites (tertiary alicyclic amines) is 1. The molecule has 0 saturated carbocycles. The Bertz CT molecular complexity index is 1520. The zero-order chi connectivity index (χ0) is 27.3. The van der Waals surface area contributed by atoms with E-state index in [1.165, 1.54) is 27.9 Å². The second kappa shape index (κ2) is 12.0. The van der Waals surface area contributed by atoms with Crippen molar-refractivity contribution in [3.05, 3.63) is 66.1 Å². The first-order chi connectivity index (χ1) is 18.1. The summed E-state index contributed by atoms with van der Waals surface area (Å²) in [7, 11) is -4.33. The number of nitrogens with zero attached hydrogens (tertiary/aromatic N) is 4. The number of aromatic nitrogens is 2. The van der Waals surface area contributed by atoms with Gasteiger partial charge in [0.25, 0.3) is 0 Å². The molecule has 38 heavy (non-hydrogen) atoms. The molecule has 0 spiro atoms. The number of piperidine rings is 1. The highest BCUT2D eigenvalue weighted by atomic mass is 32.2. The maximum atomic E-state index is 13.5. The molecule has 1 aliphatic rings. The number of hydrogen-bond donors (Lipinski definition) is 2. The van der Waals surface area contributed by atoms with Gasteiger partial charge in [0.05, 0.1) is 4.90 Å². The van der Waals surface area contributed by atoms with E-state index in [2.05, 4.69) is 20.6 Å². The van der Waals surface area contributed by atoms with Gasteiger partial charge in [-0.2, -0.15) is 17.7 Å². The van der Waals surface area contributed by atoms with Crippen molar-refractivity contribution in [3.63, 3.8) is 0 Å². The third kappa shape index (κ3) is 6.92. The third-order valence-corrected chi connectivity index (χ3v) is 8.76. The van der Waals surface area contributed by atoms with E-state index in [0.29, 0.717) is 61.2 Å². The maximum Gasteiger partial charge on any atom is 0.243 e. The van der Waals surface area contributed by atoms with Crippen molar-refractivity contribution in [1.82, 2.24) is 19.2 Å². The fraction of sp³-hybridized carbons (Fsp3) is 0.320. The molecule has 4 rings (SSSR count). The Morgan fingerprint density at radius 2 is 1.76 bits per heavy atom. The Labute approximate surface area is 223 Å². The summed E-state index contributed by atoms with van der Waals surface area (Å²) in [4.78, 5) is 10.8. The summed E-state index contributed by atoms with van der Waals surface area (Å²) in [6.07, 6.45) is 2.81. The second-order valence-electron chi connectivity index (χ2n) is 8.98. The van der Waals surface area contributed by atoms with Gasteiger partial charge in [-0.15, -0.1) is 0 Å². The SMILES string of the molecule is Cc1cc(Nc2ccnc(Nc3ccc(S(=O)(=O)N(C)C4CCN(CC=S(=O)=O)CC4)cc3)n2)ccc1F. The van der Waals surface area contributed by atoms with Gasteiger partial charge >= 0.3 is 0 Å². The standard InChI is InChI=1S/C25H29FN6O4S2/c1-18-17-20(5-8-23(18)26)28-24-9-12-27-25(30-24)29-19-3-6-22(7-4-19)38(35,36)31(2)21-10-13-32(14-11-21)15-16-37(33)34/h3-9,12,16-17,21H,10-11,13-15H2,1-2H3,(H2,27,28,29,30). The number of hydrogen-bond acceptors (Lipinski definition) is 9. The zero-order valence-electron chi connectivity index (χ0n) is 21.0. The van der Waals surface area contributed by atoms with Crippen LogP contribution < -0.4 is 10.6 Å². The summed E-state index contributed by atoms with van der Waals surface area (Å²) >= 11 is 0. The summed E-state index contributed by atoms with van der Waals surface area (Å²) in [5.41, 5.74) is 1.82. The molecule has 0 bridgehead atoms. The van der Waals surface area contributed by atoms with Gasteiger partial charge in [0, 0.05) is 55.7 Å². The molecule has 2 heterocycles. The van der Waals surface area contributed by atoms with E-state index >= 15 is 0 Å². The van der Waals surface area contributed by atoms with Gasteiger partial charge < -0.3 is 10.6 Å². The molecule has 0 amide bonds. The topological polar surface area (TPSA) is 125 Å². The van der Waals surface area contributed by atoms with Crippen LogP contribution in [0.1, 0.15) is 18.4 Å². The smallest absolute Gasteiger partial charge is 0.243 e. The Balaban J connectivity index is 1.38. The Kier molecular flexibility index (Phi) is 8.72. The van der Waals surface area contributed by atoms with Crippen LogP contribution in [0.2, 0.25) is 0 Å². The molecule has 0 aliphatic carbocycles. The van der Waals surface area contributed by atoms with Crippen molar-refractivity contribution in [3.8, 4) is 0 Å². The molecule has 2 N–H and O–H groups in total. The van der Waals surface area contributed by atoms with E-state index in [-0.39, 0.29) is 16.8 Å². The van der Waals surface area contributed by atoms with Gasteiger partial charge in [-0.25, -0.2) is 17.8 Å². The molecule has 1 saturated heterocycles. The minimum atomic E-state index is -3.71. The normalized spacial score (nSPS) is 14.8. The molecule has 0 atom stereocenters. The van der Waals surface area contributed by atoms with Crippen LogP contribution in [-0.4, -0.2) is 74.1 Å². The van der Waals surface area contributed by atoms with Crippen molar-refractivity contribution in [2.24, 2.45) is 0 Å². The predicted octanol–water partition coefficient (Wildman–Crippen LogP) is 3.18. The van der Waals surface area contributed by atoms with E-state index in [9.17, 15) is 21.2 Å². The van der Waals surface area contributed by atoms with Crippen molar-refractivity contribution in [2.45, 2.75) is 30.7 Å². The first-order valence-electron chi connectivity index (χ1n) is 12.0. The van der Waals surface area contributed by atoms with Crippen LogP contribution in [0.3, 0.4) is 0 Å². The summed E-state index contributed by atoms with van der Waals surface area (Å²) < 4.78 is 62.8. The lowest BCUT2D eigenvalue weighted by molar-refractivity contribution is 0.188. The number of anilines is 4. The van der Waals surface area contributed by atoms with Crippen LogP contribution in [0.5, 0.6) is 0 Å². The molecule has 10 nitrogen and oxygen atoms in total. The lowest BCUT2D eigenvalue weighted by Crippen LogP contribution is -2.45. The van der Waals surface area contributed by atoms with E-state index in [1.807, 2.05) is 4.90 Å². The Hall–Kier alpha value is -3.39. The number of sulfonamides is 1. The average molecular weight is 561 g/mol. The quantitative estimate of drug-likeness (QED) is 0.380. The molecule has 13 heteroatoms. The van der Waals surface area contributed by atoms with Crippen LogP contribution in [-0.2, 0) is 20.3 Å². The number of aryl methyl sites for hydroxylation is 1. The van der Waals surface area contributed by atoms with Crippen LogP contribution in [0.15, 0.2) is 59.6 Å². The van der Waals surface area contributed by atoms with Gasteiger partial charge in [-0.1, -0.05) is 0 Å². The molecule has 3 aromatic rings. The predicted molar refractivity (Wildman–Crippen MR) is 146 cm³/mol. The fourth-order valence-electron chi connectivity index (χ4n) is 4.19. The molecule has 0 unspecified atom stereocenters.